The first-order valence-corrected chi connectivity index (χ1v) is 7.63. The Morgan fingerprint density at radius 3 is 2.71 bits per heavy atom. The number of β-amino-alcohol motifs (C(OH)–C–C–N with tert-alkyl or cyclic N) is 1. The summed E-state index contributed by atoms with van der Waals surface area (Å²) >= 11 is 0. The van der Waals surface area contributed by atoms with Crippen LogP contribution in [0.1, 0.15) is 30.4 Å². The van der Waals surface area contributed by atoms with E-state index in [1.165, 1.54) is 7.05 Å². The largest absolute Gasteiger partial charge is 0.416 e. The third-order valence-electron chi connectivity index (χ3n) is 4.09. The lowest BCUT2D eigenvalue weighted by Crippen LogP contribution is -2.49. The number of halogens is 4. The number of nitrogens with zero attached hydrogens (tertiary/aromatic N) is 1. The number of carbonyl (C=O) groups excluding carboxylic acids is 1. The van der Waals surface area contributed by atoms with Gasteiger partial charge in [0, 0.05) is 20.1 Å². The van der Waals surface area contributed by atoms with E-state index in [0.29, 0.717) is 25.5 Å². The molecule has 1 amide bonds. The van der Waals surface area contributed by atoms with Crippen LogP contribution in [-0.2, 0) is 17.5 Å². The summed E-state index contributed by atoms with van der Waals surface area (Å²) in [5, 5.41) is 12.9. The zero-order valence-corrected chi connectivity index (χ0v) is 13.3. The summed E-state index contributed by atoms with van der Waals surface area (Å²) in [6, 6.07) is 2.43. The van der Waals surface area contributed by atoms with Crippen molar-refractivity contribution in [3.8, 4) is 0 Å². The molecule has 1 heterocycles. The van der Waals surface area contributed by atoms with Crippen LogP contribution in [0.2, 0.25) is 0 Å². The molecular weight excluding hydrogens is 328 g/mol. The van der Waals surface area contributed by atoms with E-state index >= 15 is 0 Å². The van der Waals surface area contributed by atoms with Crippen molar-refractivity contribution in [2.24, 2.45) is 0 Å². The Balaban J connectivity index is 2.10. The molecule has 0 spiro atoms. The van der Waals surface area contributed by atoms with Crippen molar-refractivity contribution in [1.29, 1.82) is 0 Å². The first kappa shape index (κ1) is 18.7. The van der Waals surface area contributed by atoms with Crippen LogP contribution in [0.3, 0.4) is 0 Å². The van der Waals surface area contributed by atoms with Crippen LogP contribution < -0.4 is 5.32 Å². The molecule has 1 aromatic carbocycles. The highest BCUT2D eigenvalue weighted by atomic mass is 19.4. The number of amides is 1. The molecule has 1 atom stereocenters. The van der Waals surface area contributed by atoms with Crippen LogP contribution in [0.15, 0.2) is 18.2 Å². The van der Waals surface area contributed by atoms with Gasteiger partial charge < -0.3 is 10.4 Å². The average Bonchev–Trinajstić information content (AvgIpc) is 2.45. The highest BCUT2D eigenvalue weighted by molar-refractivity contribution is 5.76. The second kappa shape index (κ2) is 7.06. The van der Waals surface area contributed by atoms with Crippen molar-refractivity contribution in [1.82, 2.24) is 10.2 Å². The molecule has 0 aliphatic carbocycles. The summed E-state index contributed by atoms with van der Waals surface area (Å²) in [6.45, 7) is 0.795. The minimum Gasteiger partial charge on any atom is -0.388 e. The molecule has 1 unspecified atom stereocenters. The van der Waals surface area contributed by atoms with Gasteiger partial charge in [0.05, 0.1) is 17.6 Å². The molecule has 0 saturated carbocycles. The molecular formula is C16H20F4N2O2. The lowest BCUT2D eigenvalue weighted by atomic mass is 9.89. The van der Waals surface area contributed by atoms with Gasteiger partial charge in [0.1, 0.15) is 5.82 Å². The van der Waals surface area contributed by atoms with E-state index < -0.39 is 23.2 Å². The predicted octanol–water partition coefficient (Wildman–Crippen LogP) is 2.31. The fourth-order valence-corrected chi connectivity index (χ4v) is 3.04. The van der Waals surface area contributed by atoms with Gasteiger partial charge in [-0.1, -0.05) is 0 Å². The van der Waals surface area contributed by atoms with Crippen molar-refractivity contribution in [2.45, 2.75) is 37.6 Å². The van der Waals surface area contributed by atoms with Gasteiger partial charge in [0.2, 0.25) is 5.91 Å². The molecule has 0 radical (unpaired) electrons. The monoisotopic (exact) mass is 348 g/mol. The first-order valence-electron chi connectivity index (χ1n) is 7.63. The standard InChI is InChI=1S/C16H20F4N2O2/c1-21-14(23)8-15(24)3-2-4-22(10-15)9-11-5-12(16(18,19)20)7-13(17)6-11/h5-7,24H,2-4,8-10H2,1H3,(H,21,23). The molecule has 2 rings (SSSR count). The maximum absolute atomic E-state index is 13.5. The first-order chi connectivity index (χ1) is 11.1. The molecule has 1 aromatic rings. The topological polar surface area (TPSA) is 52.6 Å². The molecule has 1 aliphatic rings. The van der Waals surface area contributed by atoms with Gasteiger partial charge in [-0.15, -0.1) is 0 Å². The number of hydrogen-bond acceptors (Lipinski definition) is 3. The van der Waals surface area contributed by atoms with Crippen LogP contribution in [0.5, 0.6) is 0 Å². The normalized spacial score (nSPS) is 22.4. The van der Waals surface area contributed by atoms with E-state index in [4.69, 9.17) is 0 Å². The van der Waals surface area contributed by atoms with Crippen LogP contribution in [0, 0.1) is 5.82 Å². The number of likely N-dealkylation sites (tertiary alicyclic amines) is 1. The second-order valence-electron chi connectivity index (χ2n) is 6.23. The van der Waals surface area contributed by atoms with Gasteiger partial charge in [0.15, 0.2) is 0 Å². The average molecular weight is 348 g/mol. The predicted molar refractivity (Wildman–Crippen MR) is 79.5 cm³/mol. The minimum atomic E-state index is -4.61. The molecule has 2 N–H and O–H groups in total. The Hall–Kier alpha value is -1.67. The molecule has 0 bridgehead atoms. The lowest BCUT2D eigenvalue weighted by Gasteiger charge is -2.39. The van der Waals surface area contributed by atoms with Crippen molar-refractivity contribution in [2.75, 3.05) is 20.1 Å². The summed E-state index contributed by atoms with van der Waals surface area (Å²) in [7, 11) is 1.47. The SMILES string of the molecule is CNC(=O)CC1(O)CCCN(Cc2cc(F)cc(C(F)(F)F)c2)C1. The smallest absolute Gasteiger partial charge is 0.388 e. The Kier molecular flexibility index (Phi) is 5.49. The molecule has 134 valence electrons. The maximum Gasteiger partial charge on any atom is 0.416 e. The number of rotatable bonds is 4. The third-order valence-corrected chi connectivity index (χ3v) is 4.09. The third kappa shape index (κ3) is 4.91. The van der Waals surface area contributed by atoms with Crippen LogP contribution >= 0.6 is 0 Å². The van der Waals surface area contributed by atoms with Gasteiger partial charge in [-0.2, -0.15) is 13.2 Å². The molecule has 1 saturated heterocycles. The summed E-state index contributed by atoms with van der Waals surface area (Å²) in [4.78, 5) is 13.2. The van der Waals surface area contributed by atoms with Crippen molar-refractivity contribution in [3.05, 3.63) is 35.1 Å². The second-order valence-corrected chi connectivity index (χ2v) is 6.23. The van der Waals surface area contributed by atoms with Crippen molar-refractivity contribution < 1.29 is 27.5 Å². The van der Waals surface area contributed by atoms with Gasteiger partial charge in [-0.05, 0) is 43.1 Å². The molecule has 24 heavy (non-hydrogen) atoms. The highest BCUT2D eigenvalue weighted by Crippen LogP contribution is 2.31. The number of benzene rings is 1. The summed E-state index contributed by atoms with van der Waals surface area (Å²) in [6.07, 6.45) is -3.64. The van der Waals surface area contributed by atoms with Gasteiger partial charge in [-0.3, -0.25) is 9.69 Å². The molecule has 4 nitrogen and oxygen atoms in total. The molecule has 0 aromatic heterocycles. The number of nitrogens with one attached hydrogen (secondary N) is 1. The number of alkyl halides is 3. The Morgan fingerprint density at radius 1 is 1.38 bits per heavy atom. The zero-order chi connectivity index (χ0) is 18.0. The van der Waals surface area contributed by atoms with Crippen LogP contribution in [0.25, 0.3) is 0 Å². The number of aliphatic hydroxyl groups is 1. The number of piperidine rings is 1. The summed E-state index contributed by atoms with van der Waals surface area (Å²) < 4.78 is 51.8. The van der Waals surface area contributed by atoms with E-state index in [2.05, 4.69) is 5.32 Å². The molecule has 1 aliphatic heterocycles. The highest BCUT2D eigenvalue weighted by Gasteiger charge is 2.36. The van der Waals surface area contributed by atoms with Crippen LogP contribution in [0.4, 0.5) is 17.6 Å². The number of hydrogen-bond donors (Lipinski definition) is 2. The Morgan fingerprint density at radius 2 is 2.08 bits per heavy atom. The quantitative estimate of drug-likeness (QED) is 0.821. The van der Waals surface area contributed by atoms with Gasteiger partial charge in [-0.25, -0.2) is 4.39 Å². The lowest BCUT2D eigenvalue weighted by molar-refractivity contribution is -0.138. The molecule has 1 fully saturated rings. The van der Waals surface area contributed by atoms with E-state index in [9.17, 15) is 27.5 Å². The van der Waals surface area contributed by atoms with E-state index in [-0.39, 0.29) is 31.0 Å². The van der Waals surface area contributed by atoms with Crippen molar-refractivity contribution >= 4 is 5.91 Å². The Labute approximate surface area is 137 Å². The van der Waals surface area contributed by atoms with Crippen LogP contribution in [-0.4, -0.2) is 41.7 Å². The fourth-order valence-electron chi connectivity index (χ4n) is 3.04. The summed E-state index contributed by atoms with van der Waals surface area (Å²) in [5.41, 5.74) is -2.07. The summed E-state index contributed by atoms with van der Waals surface area (Å²) in [5.74, 6) is -1.25. The number of carbonyl (C=O) groups is 1. The van der Waals surface area contributed by atoms with E-state index in [1.807, 2.05) is 0 Å². The Bertz CT molecular complexity index is 606. The van der Waals surface area contributed by atoms with Gasteiger partial charge >= 0.3 is 6.18 Å². The molecule has 8 heteroatoms. The maximum atomic E-state index is 13.5. The zero-order valence-electron chi connectivity index (χ0n) is 13.3. The van der Waals surface area contributed by atoms with Crippen molar-refractivity contribution in [3.63, 3.8) is 0 Å². The van der Waals surface area contributed by atoms with Gasteiger partial charge in [0.25, 0.3) is 0 Å². The fraction of sp³-hybridized carbons (Fsp3) is 0.562. The van der Waals surface area contributed by atoms with E-state index in [1.54, 1.807) is 4.90 Å². The van der Waals surface area contributed by atoms with E-state index in [0.717, 1.165) is 12.1 Å². The minimum absolute atomic E-state index is 0.0725.